The Labute approximate surface area is 169 Å². The first-order valence-corrected chi connectivity index (χ1v) is 10.7. The van der Waals surface area contributed by atoms with Gasteiger partial charge >= 0.3 is 0 Å². The average Bonchev–Trinajstić information content (AvgIpc) is 2.68. The number of halogens is 1. The minimum absolute atomic E-state index is 0.0222. The molecule has 3 aromatic carbocycles. The molecular formula is C21H21ClN2O3S. The third-order valence-electron chi connectivity index (χ3n) is 4.42. The molecule has 0 radical (unpaired) electrons. The van der Waals surface area contributed by atoms with Crippen molar-refractivity contribution in [2.45, 2.75) is 24.3 Å². The van der Waals surface area contributed by atoms with Crippen LogP contribution in [0, 0.1) is 0 Å². The highest BCUT2D eigenvalue weighted by Gasteiger charge is 2.15. The highest BCUT2D eigenvalue weighted by atomic mass is 35.5. The first kappa shape index (κ1) is 20.3. The molecule has 7 heteroatoms. The average molecular weight is 417 g/mol. The van der Waals surface area contributed by atoms with Crippen LogP contribution in [-0.4, -0.2) is 20.9 Å². The number of carbonyl (C=O) groups is 1. The zero-order valence-electron chi connectivity index (χ0n) is 15.4. The minimum Gasteiger partial charge on any atom is -0.350 e. The molecule has 0 bridgehead atoms. The van der Waals surface area contributed by atoms with Crippen LogP contribution in [0.15, 0.2) is 71.6 Å². The van der Waals surface area contributed by atoms with Crippen molar-refractivity contribution in [3.8, 4) is 0 Å². The third kappa shape index (κ3) is 5.10. The summed E-state index contributed by atoms with van der Waals surface area (Å²) >= 11 is 5.86. The Morgan fingerprint density at radius 3 is 2.39 bits per heavy atom. The lowest BCUT2D eigenvalue weighted by Crippen LogP contribution is -2.32. The Balaban J connectivity index is 1.55. The number of nitrogens with one attached hydrogen (secondary N) is 2. The fourth-order valence-corrected chi connectivity index (χ4v) is 4.06. The second-order valence-electron chi connectivity index (χ2n) is 6.50. The summed E-state index contributed by atoms with van der Waals surface area (Å²) in [5.74, 6) is -0.233. The van der Waals surface area contributed by atoms with Gasteiger partial charge in [-0.25, -0.2) is 13.1 Å². The molecule has 0 aromatic heterocycles. The van der Waals surface area contributed by atoms with Gasteiger partial charge in [0.25, 0.3) is 0 Å². The zero-order valence-corrected chi connectivity index (χ0v) is 16.9. The molecular weight excluding hydrogens is 396 g/mol. The summed E-state index contributed by atoms with van der Waals surface area (Å²) in [6.07, 6.45) is 0.0464. The van der Waals surface area contributed by atoms with Crippen molar-refractivity contribution in [2.75, 3.05) is 6.54 Å². The van der Waals surface area contributed by atoms with Crippen molar-refractivity contribution in [1.29, 1.82) is 0 Å². The second kappa shape index (κ2) is 8.73. The first-order valence-electron chi connectivity index (χ1n) is 8.88. The highest BCUT2D eigenvalue weighted by molar-refractivity contribution is 7.89. The van der Waals surface area contributed by atoms with Crippen LogP contribution >= 0.6 is 11.6 Å². The van der Waals surface area contributed by atoms with Crippen molar-refractivity contribution < 1.29 is 13.2 Å². The number of carbonyl (C=O) groups excluding carboxylic acids is 1. The van der Waals surface area contributed by atoms with Crippen LogP contribution in [0.5, 0.6) is 0 Å². The molecule has 0 aliphatic rings. The lowest BCUT2D eigenvalue weighted by atomic mass is 10.1. The predicted molar refractivity (Wildman–Crippen MR) is 112 cm³/mol. The normalized spacial score (nSPS) is 12.6. The molecule has 1 amide bonds. The molecule has 0 spiro atoms. The fraction of sp³-hybridized carbons (Fsp3) is 0.190. The van der Waals surface area contributed by atoms with Gasteiger partial charge in [-0.05, 0) is 47.5 Å². The Bertz CT molecular complexity index is 1080. The van der Waals surface area contributed by atoms with Gasteiger partial charge in [-0.2, -0.15) is 0 Å². The molecule has 0 saturated heterocycles. The van der Waals surface area contributed by atoms with Crippen LogP contribution < -0.4 is 10.0 Å². The molecule has 146 valence electrons. The molecule has 0 aliphatic carbocycles. The molecule has 28 heavy (non-hydrogen) atoms. The molecule has 0 aliphatic heterocycles. The number of benzene rings is 3. The van der Waals surface area contributed by atoms with Crippen LogP contribution in [0.4, 0.5) is 0 Å². The maximum Gasteiger partial charge on any atom is 0.240 e. The third-order valence-corrected chi connectivity index (χ3v) is 6.13. The summed E-state index contributed by atoms with van der Waals surface area (Å²) in [5, 5.41) is 5.30. The van der Waals surface area contributed by atoms with E-state index in [0.717, 1.165) is 16.3 Å². The molecule has 3 aromatic rings. The Morgan fingerprint density at radius 2 is 1.68 bits per heavy atom. The summed E-state index contributed by atoms with van der Waals surface area (Å²) in [6, 6.07) is 19.5. The summed E-state index contributed by atoms with van der Waals surface area (Å²) in [6.45, 7) is 1.88. The van der Waals surface area contributed by atoms with E-state index in [0.29, 0.717) is 5.02 Å². The van der Waals surface area contributed by atoms with Gasteiger partial charge in [-0.3, -0.25) is 4.79 Å². The Kier molecular flexibility index (Phi) is 6.34. The van der Waals surface area contributed by atoms with E-state index in [9.17, 15) is 13.2 Å². The molecule has 2 N–H and O–H groups in total. The van der Waals surface area contributed by atoms with Crippen LogP contribution in [0.25, 0.3) is 10.8 Å². The van der Waals surface area contributed by atoms with E-state index in [1.807, 2.05) is 43.3 Å². The van der Waals surface area contributed by atoms with E-state index < -0.39 is 10.0 Å². The number of fused-ring (bicyclic) bond motifs is 1. The Hall–Kier alpha value is -2.41. The first-order chi connectivity index (χ1) is 13.3. The van der Waals surface area contributed by atoms with Gasteiger partial charge < -0.3 is 5.32 Å². The van der Waals surface area contributed by atoms with E-state index in [-0.39, 0.29) is 29.8 Å². The van der Waals surface area contributed by atoms with Crippen molar-refractivity contribution >= 4 is 38.3 Å². The maximum absolute atomic E-state index is 12.5. The predicted octanol–water partition coefficient (Wildman–Crippen LogP) is 4.04. The van der Waals surface area contributed by atoms with Gasteiger partial charge in [0.2, 0.25) is 15.9 Å². The largest absolute Gasteiger partial charge is 0.350 e. The molecule has 5 nitrogen and oxygen atoms in total. The van der Waals surface area contributed by atoms with Crippen molar-refractivity contribution in [3.05, 3.63) is 77.3 Å². The molecule has 0 fully saturated rings. The Morgan fingerprint density at radius 1 is 1.00 bits per heavy atom. The molecule has 0 heterocycles. The van der Waals surface area contributed by atoms with E-state index in [2.05, 4.69) is 10.0 Å². The van der Waals surface area contributed by atoms with Crippen LogP contribution in [0.2, 0.25) is 5.02 Å². The fourth-order valence-electron chi connectivity index (χ4n) is 2.87. The number of amides is 1. The number of rotatable bonds is 7. The lowest BCUT2D eigenvalue weighted by Gasteiger charge is -2.14. The highest BCUT2D eigenvalue weighted by Crippen LogP contribution is 2.19. The van der Waals surface area contributed by atoms with Gasteiger partial charge in [-0.15, -0.1) is 0 Å². The standard InChI is InChI=1S/C21H21ClN2O3S/c1-15(16-6-9-19(22)10-7-16)24-21(25)12-13-23-28(26,27)20-11-8-17-4-2-3-5-18(17)14-20/h2-11,14-15,23H,12-13H2,1H3,(H,24,25)/t15-/m1/s1. The number of hydrogen-bond acceptors (Lipinski definition) is 3. The topological polar surface area (TPSA) is 75.3 Å². The zero-order chi connectivity index (χ0) is 20.1. The van der Waals surface area contributed by atoms with Crippen LogP contribution in [0.1, 0.15) is 24.9 Å². The molecule has 1 atom stereocenters. The van der Waals surface area contributed by atoms with Crippen molar-refractivity contribution in [2.24, 2.45) is 0 Å². The summed E-state index contributed by atoms with van der Waals surface area (Å²) in [5.41, 5.74) is 0.925. The molecule has 3 rings (SSSR count). The van der Waals surface area contributed by atoms with Crippen LogP contribution in [0.3, 0.4) is 0 Å². The number of hydrogen-bond donors (Lipinski definition) is 2. The van der Waals surface area contributed by atoms with Gasteiger partial charge in [-0.1, -0.05) is 54.1 Å². The van der Waals surface area contributed by atoms with Crippen molar-refractivity contribution in [1.82, 2.24) is 10.0 Å². The monoisotopic (exact) mass is 416 g/mol. The second-order valence-corrected chi connectivity index (χ2v) is 8.70. The molecule has 0 saturated carbocycles. The maximum atomic E-state index is 12.5. The van der Waals surface area contributed by atoms with E-state index in [4.69, 9.17) is 11.6 Å². The smallest absolute Gasteiger partial charge is 0.240 e. The van der Waals surface area contributed by atoms with E-state index in [1.165, 1.54) is 0 Å². The quantitative estimate of drug-likeness (QED) is 0.610. The number of sulfonamides is 1. The van der Waals surface area contributed by atoms with E-state index >= 15 is 0 Å². The summed E-state index contributed by atoms with van der Waals surface area (Å²) < 4.78 is 27.4. The van der Waals surface area contributed by atoms with Gasteiger partial charge in [0, 0.05) is 18.0 Å². The van der Waals surface area contributed by atoms with Crippen LogP contribution in [-0.2, 0) is 14.8 Å². The van der Waals surface area contributed by atoms with Gasteiger partial charge in [0.15, 0.2) is 0 Å². The van der Waals surface area contributed by atoms with Gasteiger partial charge in [0.1, 0.15) is 0 Å². The molecule has 0 unspecified atom stereocenters. The lowest BCUT2D eigenvalue weighted by molar-refractivity contribution is -0.121. The summed E-state index contributed by atoms with van der Waals surface area (Å²) in [4.78, 5) is 12.3. The van der Waals surface area contributed by atoms with Crippen molar-refractivity contribution in [3.63, 3.8) is 0 Å². The SMILES string of the molecule is C[C@@H](NC(=O)CCNS(=O)(=O)c1ccc2ccccc2c1)c1ccc(Cl)cc1. The van der Waals surface area contributed by atoms with Gasteiger partial charge in [0.05, 0.1) is 10.9 Å². The van der Waals surface area contributed by atoms with E-state index in [1.54, 1.807) is 30.3 Å². The summed E-state index contributed by atoms with van der Waals surface area (Å²) in [7, 11) is -3.68. The minimum atomic E-state index is -3.68.